The van der Waals surface area contributed by atoms with Crippen molar-refractivity contribution in [3.8, 4) is 0 Å². The maximum Gasteiger partial charge on any atom is 0.295 e. The molecule has 4 heteroatoms. The lowest BCUT2D eigenvalue weighted by Crippen LogP contribution is -1.95. The molecule has 0 atom stereocenters. The minimum Gasteiger partial charge on any atom is -0.423 e. The highest BCUT2D eigenvalue weighted by Crippen LogP contribution is 2.23. The zero-order valence-corrected chi connectivity index (χ0v) is 7.37. The van der Waals surface area contributed by atoms with Gasteiger partial charge in [-0.3, -0.25) is 0 Å². The highest BCUT2D eigenvalue weighted by molar-refractivity contribution is 5.86. The third kappa shape index (κ3) is 1.30. The summed E-state index contributed by atoms with van der Waals surface area (Å²) >= 11 is 0. The number of nitrogens with zero attached hydrogens (tertiary/aromatic N) is 1. The largest absolute Gasteiger partial charge is 0.423 e. The standard InChI is InChI=1S/C9H11N3O/c1-2-11-9-12-8-6(10)4-3-5-7(8)13-9/h3-5H,2,10H2,1H3,(H,11,12). The van der Waals surface area contributed by atoms with Gasteiger partial charge in [-0.1, -0.05) is 6.07 Å². The van der Waals surface area contributed by atoms with Crippen LogP contribution in [0.5, 0.6) is 0 Å². The molecule has 3 N–H and O–H groups in total. The Morgan fingerprint density at radius 2 is 2.38 bits per heavy atom. The molecule has 2 aromatic rings. The lowest BCUT2D eigenvalue weighted by Gasteiger charge is -1.91. The minimum absolute atomic E-state index is 0.524. The predicted octanol–water partition coefficient (Wildman–Crippen LogP) is 1.84. The predicted molar refractivity (Wildman–Crippen MR) is 52.6 cm³/mol. The van der Waals surface area contributed by atoms with Gasteiger partial charge in [0.2, 0.25) is 0 Å². The van der Waals surface area contributed by atoms with Crippen LogP contribution in [-0.2, 0) is 0 Å². The first-order valence-electron chi connectivity index (χ1n) is 4.20. The summed E-state index contributed by atoms with van der Waals surface area (Å²) in [6, 6.07) is 6.02. The van der Waals surface area contributed by atoms with Gasteiger partial charge >= 0.3 is 0 Å². The number of hydrogen-bond donors (Lipinski definition) is 2. The van der Waals surface area contributed by atoms with Crippen LogP contribution in [0.15, 0.2) is 22.6 Å². The Morgan fingerprint density at radius 1 is 1.54 bits per heavy atom. The molecule has 0 fully saturated rings. The van der Waals surface area contributed by atoms with Gasteiger partial charge in [-0.25, -0.2) is 0 Å². The van der Waals surface area contributed by atoms with E-state index in [2.05, 4.69) is 10.3 Å². The van der Waals surface area contributed by atoms with E-state index in [0.29, 0.717) is 11.7 Å². The topological polar surface area (TPSA) is 64.1 Å². The number of para-hydroxylation sites is 1. The molecule has 0 spiro atoms. The van der Waals surface area contributed by atoms with Crippen LogP contribution in [0.25, 0.3) is 11.1 Å². The van der Waals surface area contributed by atoms with Crippen molar-refractivity contribution in [1.29, 1.82) is 0 Å². The van der Waals surface area contributed by atoms with E-state index in [1.54, 1.807) is 6.07 Å². The highest BCUT2D eigenvalue weighted by Gasteiger charge is 2.05. The van der Waals surface area contributed by atoms with Crippen LogP contribution in [-0.4, -0.2) is 11.5 Å². The van der Waals surface area contributed by atoms with Crippen LogP contribution in [0.2, 0.25) is 0 Å². The lowest BCUT2D eigenvalue weighted by atomic mass is 10.3. The van der Waals surface area contributed by atoms with Gasteiger partial charge in [-0.15, -0.1) is 0 Å². The van der Waals surface area contributed by atoms with E-state index in [9.17, 15) is 0 Å². The molecule has 0 aliphatic rings. The van der Waals surface area contributed by atoms with E-state index in [-0.39, 0.29) is 0 Å². The summed E-state index contributed by atoms with van der Waals surface area (Å²) in [6.07, 6.45) is 0. The fourth-order valence-corrected chi connectivity index (χ4v) is 1.20. The number of hydrogen-bond acceptors (Lipinski definition) is 4. The van der Waals surface area contributed by atoms with Gasteiger partial charge in [0, 0.05) is 6.54 Å². The molecule has 1 aromatic heterocycles. The number of anilines is 2. The van der Waals surface area contributed by atoms with Crippen molar-refractivity contribution in [1.82, 2.24) is 4.98 Å². The number of oxazole rings is 1. The summed E-state index contributed by atoms with van der Waals surface area (Å²) < 4.78 is 5.39. The Hall–Kier alpha value is -1.71. The first kappa shape index (κ1) is 7.91. The maximum atomic E-state index is 5.72. The molecule has 0 saturated carbocycles. The Kier molecular flexibility index (Phi) is 1.81. The third-order valence-electron chi connectivity index (χ3n) is 1.78. The molecule has 0 bridgehead atoms. The average molecular weight is 177 g/mol. The van der Waals surface area contributed by atoms with Crippen molar-refractivity contribution in [3.63, 3.8) is 0 Å². The second-order valence-corrected chi connectivity index (χ2v) is 2.74. The van der Waals surface area contributed by atoms with Crippen LogP contribution in [0.4, 0.5) is 11.7 Å². The third-order valence-corrected chi connectivity index (χ3v) is 1.78. The SMILES string of the molecule is CCNc1nc2c(N)cccc2o1. The molecule has 1 aromatic carbocycles. The van der Waals surface area contributed by atoms with Crippen molar-refractivity contribution < 1.29 is 4.42 Å². The van der Waals surface area contributed by atoms with Gasteiger partial charge in [-0.2, -0.15) is 4.98 Å². The quantitative estimate of drug-likeness (QED) is 0.687. The number of rotatable bonds is 2. The molecule has 0 aliphatic carbocycles. The number of fused-ring (bicyclic) bond motifs is 1. The summed E-state index contributed by atoms with van der Waals surface area (Å²) in [6.45, 7) is 2.77. The van der Waals surface area contributed by atoms with E-state index in [4.69, 9.17) is 10.2 Å². The smallest absolute Gasteiger partial charge is 0.295 e. The minimum atomic E-state index is 0.524. The van der Waals surface area contributed by atoms with Crippen LogP contribution in [0.3, 0.4) is 0 Å². The summed E-state index contributed by atoms with van der Waals surface area (Å²) in [5.41, 5.74) is 7.80. The molecule has 0 unspecified atom stereocenters. The van der Waals surface area contributed by atoms with Crippen LogP contribution < -0.4 is 11.1 Å². The molecule has 2 rings (SSSR count). The molecule has 1 heterocycles. The van der Waals surface area contributed by atoms with E-state index < -0.39 is 0 Å². The zero-order valence-electron chi connectivity index (χ0n) is 7.37. The summed E-state index contributed by atoms with van der Waals surface area (Å²) in [7, 11) is 0. The molecule has 0 saturated heterocycles. The Morgan fingerprint density at radius 3 is 3.08 bits per heavy atom. The number of benzene rings is 1. The van der Waals surface area contributed by atoms with Crippen LogP contribution in [0, 0.1) is 0 Å². The van der Waals surface area contributed by atoms with E-state index in [1.165, 1.54) is 0 Å². The van der Waals surface area contributed by atoms with Crippen molar-refractivity contribution in [2.75, 3.05) is 17.6 Å². The molecule has 0 radical (unpaired) electrons. The Balaban J connectivity index is 2.55. The molecule has 13 heavy (non-hydrogen) atoms. The normalized spacial score (nSPS) is 10.5. The van der Waals surface area contributed by atoms with Crippen molar-refractivity contribution >= 4 is 22.8 Å². The molecular weight excluding hydrogens is 166 g/mol. The van der Waals surface area contributed by atoms with Crippen molar-refractivity contribution in [2.45, 2.75) is 6.92 Å². The van der Waals surface area contributed by atoms with E-state index >= 15 is 0 Å². The fourth-order valence-electron chi connectivity index (χ4n) is 1.20. The Labute approximate surface area is 75.7 Å². The van der Waals surface area contributed by atoms with Crippen molar-refractivity contribution in [2.24, 2.45) is 0 Å². The van der Waals surface area contributed by atoms with E-state index in [1.807, 2.05) is 19.1 Å². The molecular formula is C9H11N3O. The first-order valence-corrected chi connectivity index (χ1v) is 4.20. The van der Waals surface area contributed by atoms with Gasteiger partial charge in [0.15, 0.2) is 5.58 Å². The lowest BCUT2D eigenvalue weighted by molar-refractivity contribution is 0.616. The molecule has 0 amide bonds. The van der Waals surface area contributed by atoms with Gasteiger partial charge in [0.25, 0.3) is 6.01 Å². The van der Waals surface area contributed by atoms with Crippen LogP contribution >= 0.6 is 0 Å². The van der Waals surface area contributed by atoms with Crippen molar-refractivity contribution in [3.05, 3.63) is 18.2 Å². The molecule has 68 valence electrons. The summed E-state index contributed by atoms with van der Waals surface area (Å²) in [4.78, 5) is 4.20. The zero-order chi connectivity index (χ0) is 9.26. The maximum absolute atomic E-state index is 5.72. The monoisotopic (exact) mass is 177 g/mol. The van der Waals surface area contributed by atoms with Gasteiger partial charge < -0.3 is 15.5 Å². The average Bonchev–Trinajstić information content (AvgIpc) is 2.49. The first-order chi connectivity index (χ1) is 6.31. The number of aromatic nitrogens is 1. The molecule has 0 aliphatic heterocycles. The van der Waals surface area contributed by atoms with Gasteiger partial charge in [0.1, 0.15) is 5.52 Å². The summed E-state index contributed by atoms with van der Waals surface area (Å²) in [5.74, 6) is 0. The van der Waals surface area contributed by atoms with Gasteiger partial charge in [0.05, 0.1) is 5.69 Å². The number of nitrogen functional groups attached to an aromatic ring is 1. The second kappa shape index (κ2) is 2.97. The number of nitrogens with two attached hydrogens (primary N) is 1. The molecule has 4 nitrogen and oxygen atoms in total. The fraction of sp³-hybridized carbons (Fsp3) is 0.222. The second-order valence-electron chi connectivity index (χ2n) is 2.74. The number of nitrogens with one attached hydrogen (secondary N) is 1. The van der Waals surface area contributed by atoms with Gasteiger partial charge in [-0.05, 0) is 19.1 Å². The Bertz CT molecular complexity index is 422. The summed E-state index contributed by atoms with van der Waals surface area (Å²) in [5, 5.41) is 2.99. The van der Waals surface area contributed by atoms with Crippen LogP contribution in [0.1, 0.15) is 6.92 Å². The highest BCUT2D eigenvalue weighted by atomic mass is 16.4. The van der Waals surface area contributed by atoms with E-state index in [0.717, 1.165) is 17.6 Å².